The van der Waals surface area contributed by atoms with E-state index in [0.29, 0.717) is 29.0 Å². The van der Waals surface area contributed by atoms with E-state index in [9.17, 15) is 31.1 Å². The molecule has 0 unspecified atom stereocenters. The molecule has 0 amide bonds. The summed E-state index contributed by atoms with van der Waals surface area (Å²) >= 11 is 6.10. The number of benzene rings is 4. The monoisotopic (exact) mass is 646 g/mol. The molecule has 1 saturated carbocycles. The highest BCUT2D eigenvalue weighted by molar-refractivity contribution is 6.30. The van der Waals surface area contributed by atoms with Crippen LogP contribution in [0.2, 0.25) is 5.02 Å². The lowest BCUT2D eigenvalue weighted by atomic mass is 9.59. The minimum atomic E-state index is -4.97. The first kappa shape index (κ1) is 32.4. The van der Waals surface area contributed by atoms with Crippen LogP contribution in [0.4, 0.5) is 26.3 Å². The predicted octanol–water partition coefficient (Wildman–Crippen LogP) is 10.1. The third-order valence-electron chi connectivity index (χ3n) is 8.51. The van der Waals surface area contributed by atoms with Gasteiger partial charge in [-0.25, -0.2) is 0 Å². The highest BCUT2D eigenvalue weighted by atomic mass is 35.5. The summed E-state index contributed by atoms with van der Waals surface area (Å²) in [6.45, 7) is 0. The van der Waals surface area contributed by atoms with Gasteiger partial charge in [-0.15, -0.1) is 26.3 Å². The minimum absolute atomic E-state index is 0.00414. The van der Waals surface area contributed by atoms with Crippen LogP contribution >= 0.6 is 11.6 Å². The molecular weight excluding hydrogens is 618 g/mol. The fraction of sp³-hybridized carbons (Fsp3) is 0.286. The smallest absolute Gasteiger partial charge is 0.406 e. The van der Waals surface area contributed by atoms with E-state index in [4.69, 9.17) is 11.6 Å². The molecule has 236 valence electrons. The largest absolute Gasteiger partial charge is 0.573 e. The van der Waals surface area contributed by atoms with Crippen molar-refractivity contribution in [1.29, 1.82) is 0 Å². The first-order chi connectivity index (χ1) is 21.3. The van der Waals surface area contributed by atoms with Crippen LogP contribution < -0.4 is 9.47 Å². The van der Waals surface area contributed by atoms with E-state index >= 15 is 0 Å². The molecule has 0 aromatic heterocycles. The van der Waals surface area contributed by atoms with E-state index in [2.05, 4.69) is 9.47 Å². The van der Waals surface area contributed by atoms with Crippen molar-refractivity contribution in [2.45, 2.75) is 62.1 Å². The van der Waals surface area contributed by atoms with E-state index in [1.165, 1.54) is 24.3 Å². The Morgan fingerprint density at radius 2 is 1.24 bits per heavy atom. The number of ketones is 1. The summed E-state index contributed by atoms with van der Waals surface area (Å²) < 4.78 is 88.1. The highest BCUT2D eigenvalue weighted by Gasteiger charge is 2.46. The van der Waals surface area contributed by atoms with Crippen molar-refractivity contribution < 1.29 is 40.6 Å². The molecule has 0 heterocycles. The molecule has 0 bridgehead atoms. The first-order valence-corrected chi connectivity index (χ1v) is 14.7. The second kappa shape index (κ2) is 12.8. The molecule has 5 rings (SSSR count). The number of hydrogen-bond acceptors (Lipinski definition) is 3. The Hall–Kier alpha value is -3.98. The summed E-state index contributed by atoms with van der Waals surface area (Å²) in [7, 11) is 0. The Morgan fingerprint density at radius 3 is 1.71 bits per heavy atom. The van der Waals surface area contributed by atoms with Crippen molar-refractivity contribution in [2.24, 2.45) is 0 Å². The van der Waals surface area contributed by atoms with Gasteiger partial charge >= 0.3 is 12.7 Å². The van der Waals surface area contributed by atoms with E-state index in [-0.39, 0.29) is 25.0 Å². The molecule has 10 heteroatoms. The van der Waals surface area contributed by atoms with Crippen LogP contribution in [0.5, 0.6) is 11.5 Å². The SMILES string of the molecule is O=C(CCC(Cc1ccccc1)(c1cccc(OC(F)(F)F)c1)c1cccc(OC(F)(F)F)c1)C1(c2ccc(Cl)cc2)CCC1. The zero-order valence-corrected chi connectivity index (χ0v) is 24.7. The molecule has 1 aliphatic carbocycles. The number of hydrogen-bond donors (Lipinski definition) is 0. The standard InChI is InChI=1S/C35H29ClF6O3/c36-28-15-13-25(14-16-28)32(18-6-19-32)31(43)17-20-33(23-24-7-2-1-3-8-24,26-9-4-11-29(21-26)44-34(37,38)39)27-10-5-12-30(22-27)45-35(40,41)42/h1-5,7-16,21-22H,6,17-20,23H2. The maximum Gasteiger partial charge on any atom is 0.573 e. The highest BCUT2D eigenvalue weighted by Crippen LogP contribution is 2.48. The Balaban J connectivity index is 1.63. The van der Waals surface area contributed by atoms with Gasteiger partial charge in [-0.05, 0) is 84.3 Å². The number of halogens is 7. The second-order valence-electron chi connectivity index (χ2n) is 11.3. The molecule has 0 aliphatic heterocycles. The van der Waals surface area contributed by atoms with Crippen LogP contribution in [0, 0.1) is 0 Å². The Kier molecular flexibility index (Phi) is 9.21. The lowest BCUT2D eigenvalue weighted by Gasteiger charge is -2.42. The third kappa shape index (κ3) is 7.64. The Morgan fingerprint density at radius 1 is 0.711 bits per heavy atom. The van der Waals surface area contributed by atoms with Crippen molar-refractivity contribution in [1.82, 2.24) is 0 Å². The van der Waals surface area contributed by atoms with Gasteiger partial charge in [0.25, 0.3) is 0 Å². The number of alkyl halides is 6. The average Bonchev–Trinajstić information content (AvgIpc) is 2.95. The maximum atomic E-state index is 14.1. The van der Waals surface area contributed by atoms with E-state index in [1.807, 2.05) is 24.3 Å². The number of carbonyl (C=O) groups is 1. The van der Waals surface area contributed by atoms with Crippen molar-refractivity contribution in [3.63, 3.8) is 0 Å². The molecule has 0 spiro atoms. The lowest BCUT2D eigenvalue weighted by Crippen LogP contribution is -2.43. The van der Waals surface area contributed by atoms with Gasteiger partial charge < -0.3 is 9.47 Å². The number of carbonyl (C=O) groups excluding carboxylic acids is 1. The maximum absolute atomic E-state index is 14.1. The van der Waals surface area contributed by atoms with Crippen molar-refractivity contribution in [2.75, 3.05) is 0 Å². The molecule has 0 radical (unpaired) electrons. The summed E-state index contributed by atoms with van der Waals surface area (Å²) in [5.74, 6) is -1.02. The summed E-state index contributed by atoms with van der Waals surface area (Å²) in [5.41, 5.74) is 0.297. The zero-order valence-electron chi connectivity index (χ0n) is 23.9. The van der Waals surface area contributed by atoms with Crippen LogP contribution in [0.15, 0.2) is 103 Å². The van der Waals surface area contributed by atoms with E-state index < -0.39 is 35.1 Å². The zero-order chi connectivity index (χ0) is 32.3. The van der Waals surface area contributed by atoms with Gasteiger partial charge in [0.05, 0.1) is 5.41 Å². The number of rotatable bonds is 11. The van der Waals surface area contributed by atoms with Gasteiger partial charge in [0.2, 0.25) is 0 Å². The quantitative estimate of drug-likeness (QED) is 0.152. The fourth-order valence-electron chi connectivity index (χ4n) is 6.27. The molecule has 4 aromatic rings. The summed E-state index contributed by atoms with van der Waals surface area (Å²) in [6, 6.07) is 26.9. The summed E-state index contributed by atoms with van der Waals surface area (Å²) in [5, 5.41) is 0.532. The molecule has 45 heavy (non-hydrogen) atoms. The van der Waals surface area contributed by atoms with Crippen LogP contribution in [0.3, 0.4) is 0 Å². The van der Waals surface area contributed by atoms with Gasteiger partial charge in [-0.1, -0.05) is 84.8 Å². The van der Waals surface area contributed by atoms with Crippen LogP contribution in [0.1, 0.15) is 54.4 Å². The lowest BCUT2D eigenvalue weighted by molar-refractivity contribution is -0.275. The molecule has 0 saturated heterocycles. The van der Waals surface area contributed by atoms with Gasteiger partial charge in [-0.3, -0.25) is 4.79 Å². The first-order valence-electron chi connectivity index (χ1n) is 14.3. The predicted molar refractivity (Wildman–Crippen MR) is 158 cm³/mol. The molecule has 3 nitrogen and oxygen atoms in total. The van der Waals surface area contributed by atoms with Crippen LogP contribution in [0.25, 0.3) is 0 Å². The second-order valence-corrected chi connectivity index (χ2v) is 11.7. The van der Waals surface area contributed by atoms with Gasteiger partial charge in [0, 0.05) is 16.9 Å². The van der Waals surface area contributed by atoms with Crippen molar-refractivity contribution >= 4 is 17.4 Å². The van der Waals surface area contributed by atoms with E-state index in [0.717, 1.165) is 29.7 Å². The Labute approximate surface area is 261 Å². The third-order valence-corrected chi connectivity index (χ3v) is 8.76. The Bertz CT molecular complexity index is 1550. The molecular formula is C35H29ClF6O3. The summed E-state index contributed by atoms with van der Waals surface area (Å²) in [6.07, 6.45) is -7.58. The minimum Gasteiger partial charge on any atom is -0.406 e. The van der Waals surface area contributed by atoms with Crippen LogP contribution in [-0.2, 0) is 22.0 Å². The van der Waals surface area contributed by atoms with Crippen molar-refractivity contribution in [3.05, 3.63) is 130 Å². The van der Waals surface area contributed by atoms with Crippen molar-refractivity contribution in [3.8, 4) is 11.5 Å². The van der Waals surface area contributed by atoms with Gasteiger partial charge in [0.1, 0.15) is 17.3 Å². The summed E-state index contributed by atoms with van der Waals surface area (Å²) in [4.78, 5) is 14.1. The van der Waals surface area contributed by atoms with Gasteiger partial charge in [0.15, 0.2) is 0 Å². The normalized spacial score (nSPS) is 14.8. The van der Waals surface area contributed by atoms with Gasteiger partial charge in [-0.2, -0.15) is 0 Å². The molecule has 1 fully saturated rings. The molecule has 4 aromatic carbocycles. The average molecular weight is 647 g/mol. The molecule has 1 aliphatic rings. The van der Waals surface area contributed by atoms with E-state index in [1.54, 1.807) is 42.5 Å². The molecule has 0 atom stereocenters. The number of ether oxygens (including phenoxy) is 2. The van der Waals surface area contributed by atoms with Crippen LogP contribution in [-0.4, -0.2) is 18.5 Å². The fourth-order valence-corrected chi connectivity index (χ4v) is 6.39. The number of Topliss-reactive ketones (excluding diaryl/α,β-unsaturated/α-hetero) is 1. The topological polar surface area (TPSA) is 35.5 Å². The molecule has 0 N–H and O–H groups in total.